The van der Waals surface area contributed by atoms with Crippen LogP contribution in [0.4, 0.5) is 0 Å². The first-order valence-electron chi connectivity index (χ1n) is 5.07. The van der Waals surface area contributed by atoms with Crippen molar-refractivity contribution in [1.82, 2.24) is 14.5 Å². The lowest BCUT2D eigenvalue weighted by atomic mass is 10.5. The van der Waals surface area contributed by atoms with Gasteiger partial charge in [0.15, 0.2) is 5.16 Å². The van der Waals surface area contributed by atoms with E-state index in [1.807, 2.05) is 12.4 Å². The second-order valence-electron chi connectivity index (χ2n) is 3.74. The fourth-order valence-corrected chi connectivity index (χ4v) is 2.77. The Balaban J connectivity index is 2.20. The first kappa shape index (κ1) is 11.7. The van der Waals surface area contributed by atoms with Crippen molar-refractivity contribution in [3.8, 4) is 5.69 Å². The van der Waals surface area contributed by atoms with Gasteiger partial charge in [0, 0.05) is 17.8 Å². The summed E-state index contributed by atoms with van der Waals surface area (Å²) in [6.07, 6.45) is 3.86. The van der Waals surface area contributed by atoms with Crippen molar-refractivity contribution in [1.29, 1.82) is 0 Å². The summed E-state index contributed by atoms with van der Waals surface area (Å²) in [5, 5.41) is 5.67. The van der Waals surface area contributed by atoms with E-state index >= 15 is 0 Å². The van der Waals surface area contributed by atoms with E-state index in [1.165, 1.54) is 5.69 Å². The van der Waals surface area contributed by atoms with E-state index in [1.54, 1.807) is 23.1 Å². The number of thiophene rings is 1. The van der Waals surface area contributed by atoms with Gasteiger partial charge in [-0.3, -0.25) is 9.47 Å². The van der Waals surface area contributed by atoms with Gasteiger partial charge < -0.3 is 0 Å². The molecule has 2 aromatic heterocycles. The molecule has 3 nitrogen and oxygen atoms in total. The van der Waals surface area contributed by atoms with Crippen molar-refractivity contribution in [2.45, 2.75) is 17.5 Å². The van der Waals surface area contributed by atoms with Crippen LogP contribution in [0, 0.1) is 0 Å². The summed E-state index contributed by atoms with van der Waals surface area (Å²) in [6, 6.07) is 2.11. The molecule has 1 atom stereocenters. The van der Waals surface area contributed by atoms with Crippen LogP contribution in [0.2, 0.25) is 0 Å². The highest BCUT2D eigenvalue weighted by Crippen LogP contribution is 2.25. The van der Waals surface area contributed by atoms with Crippen LogP contribution in [0.5, 0.6) is 0 Å². The molecule has 0 amide bonds. The summed E-state index contributed by atoms with van der Waals surface area (Å²) in [5.74, 6) is 0. The van der Waals surface area contributed by atoms with Crippen molar-refractivity contribution in [2.24, 2.45) is 0 Å². The number of hydrogen-bond acceptors (Lipinski definition) is 4. The average Bonchev–Trinajstić information content (AvgIpc) is 2.85. The molecule has 0 N–H and O–H groups in total. The molecular formula is C11H15N3S2. The lowest BCUT2D eigenvalue weighted by Crippen LogP contribution is -2.21. The molecule has 86 valence electrons. The van der Waals surface area contributed by atoms with E-state index in [0.717, 1.165) is 5.16 Å². The third-order valence-electron chi connectivity index (χ3n) is 2.39. The highest BCUT2D eigenvalue weighted by Gasteiger charge is 2.12. The molecule has 0 bridgehead atoms. The van der Waals surface area contributed by atoms with E-state index in [-0.39, 0.29) is 0 Å². The highest BCUT2D eigenvalue weighted by atomic mass is 32.2. The third-order valence-corrected chi connectivity index (χ3v) is 4.34. The van der Waals surface area contributed by atoms with Crippen molar-refractivity contribution in [3.05, 3.63) is 29.2 Å². The maximum atomic E-state index is 4.40. The van der Waals surface area contributed by atoms with Gasteiger partial charge in [-0.05, 0) is 32.5 Å². The molecule has 2 aromatic rings. The maximum Gasteiger partial charge on any atom is 0.174 e. The van der Waals surface area contributed by atoms with Gasteiger partial charge in [-0.1, -0.05) is 11.8 Å². The Morgan fingerprint density at radius 2 is 2.31 bits per heavy atom. The van der Waals surface area contributed by atoms with Gasteiger partial charge in [0.05, 0.1) is 11.1 Å². The number of rotatable bonds is 4. The maximum absolute atomic E-state index is 4.40. The van der Waals surface area contributed by atoms with Gasteiger partial charge in [0.1, 0.15) is 0 Å². The van der Waals surface area contributed by atoms with E-state index in [4.69, 9.17) is 0 Å². The van der Waals surface area contributed by atoms with E-state index in [9.17, 15) is 0 Å². The molecule has 5 heteroatoms. The van der Waals surface area contributed by atoms with Gasteiger partial charge in [-0.2, -0.15) is 11.3 Å². The summed E-state index contributed by atoms with van der Waals surface area (Å²) < 4.78 is 2.13. The average molecular weight is 253 g/mol. The van der Waals surface area contributed by atoms with Gasteiger partial charge >= 0.3 is 0 Å². The molecule has 2 rings (SSSR count). The van der Waals surface area contributed by atoms with Crippen molar-refractivity contribution in [3.63, 3.8) is 0 Å². The molecular weight excluding hydrogens is 238 g/mol. The minimum absolute atomic E-state index is 0.416. The van der Waals surface area contributed by atoms with Gasteiger partial charge in [0.25, 0.3) is 0 Å². The smallest absolute Gasteiger partial charge is 0.174 e. The Hall–Kier alpha value is -0.780. The van der Waals surface area contributed by atoms with Crippen LogP contribution < -0.4 is 0 Å². The summed E-state index contributed by atoms with van der Waals surface area (Å²) in [6.45, 7) is 2.18. The van der Waals surface area contributed by atoms with Gasteiger partial charge in [0.2, 0.25) is 0 Å². The molecule has 0 aliphatic heterocycles. The highest BCUT2D eigenvalue weighted by molar-refractivity contribution is 7.99. The zero-order valence-corrected chi connectivity index (χ0v) is 11.3. The van der Waals surface area contributed by atoms with Crippen LogP contribution >= 0.6 is 23.1 Å². The largest absolute Gasteiger partial charge is 0.297 e. The SMILES string of the molecule is CC(Sc1nccn1-c1ccsc1)N(C)C. The molecule has 0 aliphatic rings. The Morgan fingerprint density at radius 1 is 1.50 bits per heavy atom. The normalized spacial score (nSPS) is 13.2. The molecule has 0 saturated carbocycles. The minimum atomic E-state index is 0.416. The minimum Gasteiger partial charge on any atom is -0.297 e. The molecule has 0 radical (unpaired) electrons. The Labute approximate surface area is 104 Å². The molecule has 2 heterocycles. The Kier molecular flexibility index (Phi) is 3.68. The fraction of sp³-hybridized carbons (Fsp3) is 0.364. The molecule has 16 heavy (non-hydrogen) atoms. The predicted octanol–water partition coefficient (Wildman–Crippen LogP) is 2.93. The number of thioether (sulfide) groups is 1. The predicted molar refractivity (Wildman–Crippen MR) is 70.4 cm³/mol. The topological polar surface area (TPSA) is 21.1 Å². The standard InChI is InChI=1S/C11H15N3S2/c1-9(13(2)3)16-11-12-5-6-14(11)10-4-7-15-8-10/h4-9H,1-3H3. The molecule has 0 aliphatic carbocycles. The van der Waals surface area contributed by atoms with Crippen molar-refractivity contribution >= 4 is 23.1 Å². The quantitative estimate of drug-likeness (QED) is 0.617. The van der Waals surface area contributed by atoms with Crippen LogP contribution in [0.15, 0.2) is 34.4 Å². The summed E-state index contributed by atoms with van der Waals surface area (Å²) in [4.78, 5) is 6.58. The van der Waals surface area contributed by atoms with Crippen LogP contribution in [0.1, 0.15) is 6.92 Å². The van der Waals surface area contributed by atoms with Crippen LogP contribution in [0.3, 0.4) is 0 Å². The second kappa shape index (κ2) is 5.03. The number of imidazole rings is 1. The lowest BCUT2D eigenvalue weighted by molar-refractivity contribution is 0.401. The van der Waals surface area contributed by atoms with Crippen LogP contribution in [-0.2, 0) is 0 Å². The zero-order chi connectivity index (χ0) is 11.5. The molecule has 0 spiro atoms. The van der Waals surface area contributed by atoms with Crippen molar-refractivity contribution < 1.29 is 0 Å². The molecule has 1 unspecified atom stereocenters. The molecule has 0 saturated heterocycles. The lowest BCUT2D eigenvalue weighted by Gasteiger charge is -2.18. The van der Waals surface area contributed by atoms with E-state index in [0.29, 0.717) is 5.37 Å². The summed E-state index contributed by atoms with van der Waals surface area (Å²) in [5.41, 5.74) is 1.19. The molecule has 0 aromatic carbocycles. The molecule has 0 fully saturated rings. The Morgan fingerprint density at radius 3 is 2.94 bits per heavy atom. The monoisotopic (exact) mass is 253 g/mol. The van der Waals surface area contributed by atoms with Gasteiger partial charge in [-0.15, -0.1) is 0 Å². The first-order chi connectivity index (χ1) is 7.68. The zero-order valence-electron chi connectivity index (χ0n) is 9.62. The fourth-order valence-electron chi connectivity index (χ4n) is 1.23. The number of hydrogen-bond donors (Lipinski definition) is 0. The van der Waals surface area contributed by atoms with E-state index in [2.05, 4.69) is 52.3 Å². The summed E-state index contributed by atoms with van der Waals surface area (Å²) in [7, 11) is 4.16. The second-order valence-corrected chi connectivity index (χ2v) is 5.81. The number of aromatic nitrogens is 2. The van der Waals surface area contributed by atoms with Crippen molar-refractivity contribution in [2.75, 3.05) is 14.1 Å². The first-order valence-corrected chi connectivity index (χ1v) is 6.89. The third kappa shape index (κ3) is 2.48. The van der Waals surface area contributed by atoms with Gasteiger partial charge in [-0.25, -0.2) is 4.98 Å². The number of nitrogens with zero attached hydrogens (tertiary/aromatic N) is 3. The van der Waals surface area contributed by atoms with Crippen LogP contribution in [0.25, 0.3) is 5.69 Å². The van der Waals surface area contributed by atoms with E-state index < -0.39 is 0 Å². The van der Waals surface area contributed by atoms with Crippen LogP contribution in [-0.4, -0.2) is 33.9 Å². The Bertz CT molecular complexity index is 434. The summed E-state index contributed by atoms with van der Waals surface area (Å²) >= 11 is 3.47.